The molecule has 1 aliphatic heterocycles. The maximum Gasteiger partial charge on any atom is 0.243 e. The third kappa shape index (κ3) is 4.43. The minimum Gasteiger partial charge on any atom is -0.392 e. The number of nitrogens with one attached hydrogen (secondary N) is 1. The van der Waals surface area contributed by atoms with Crippen LogP contribution >= 0.6 is 0 Å². The Morgan fingerprint density at radius 3 is 2.47 bits per heavy atom. The number of benzene rings is 2. The molecule has 0 spiro atoms. The predicted octanol–water partition coefficient (Wildman–Crippen LogP) is 1.58. The molecule has 2 N–H and O–H groups in total. The summed E-state index contributed by atoms with van der Waals surface area (Å²) in [5, 5.41) is 17.1. The van der Waals surface area contributed by atoms with Crippen molar-refractivity contribution in [3.05, 3.63) is 72.3 Å². The molecule has 3 unspecified atom stereocenters. The molecule has 1 fully saturated rings. The number of aryl methyl sites for hydroxylation is 1. The molecule has 1 aliphatic rings. The van der Waals surface area contributed by atoms with Crippen LogP contribution in [0, 0.1) is 6.92 Å². The molecule has 168 valence electrons. The third-order valence-electron chi connectivity index (χ3n) is 5.60. The molecule has 2 aromatic carbocycles. The highest BCUT2D eigenvalue weighted by Gasteiger charge is 2.43. The Kier molecular flexibility index (Phi) is 6.09. The van der Waals surface area contributed by atoms with Crippen LogP contribution in [0.2, 0.25) is 0 Å². The summed E-state index contributed by atoms with van der Waals surface area (Å²) in [5.41, 5.74) is 2.62. The van der Waals surface area contributed by atoms with Crippen molar-refractivity contribution in [1.29, 1.82) is 0 Å². The fraction of sp³-hybridized carbons (Fsp3) is 0.318. The zero-order chi connectivity index (χ0) is 22.9. The first-order valence-corrected chi connectivity index (χ1v) is 11.7. The lowest BCUT2D eigenvalue weighted by atomic mass is 10.1. The van der Waals surface area contributed by atoms with Gasteiger partial charge in [-0.15, -0.1) is 0 Å². The van der Waals surface area contributed by atoms with Crippen LogP contribution in [-0.4, -0.2) is 57.2 Å². The van der Waals surface area contributed by atoms with Gasteiger partial charge in [-0.25, -0.2) is 18.1 Å². The molecule has 3 atom stereocenters. The van der Waals surface area contributed by atoms with Gasteiger partial charge in [0.05, 0.1) is 22.7 Å². The topological polar surface area (TPSA) is 117 Å². The number of rotatable bonds is 6. The Hall–Kier alpha value is -3.08. The molecular formula is C22H25N5O4S. The molecular weight excluding hydrogens is 430 g/mol. The van der Waals surface area contributed by atoms with E-state index in [1.54, 1.807) is 23.1 Å². The Labute approximate surface area is 186 Å². The van der Waals surface area contributed by atoms with Crippen LogP contribution in [0.5, 0.6) is 0 Å². The quantitative estimate of drug-likeness (QED) is 0.583. The van der Waals surface area contributed by atoms with Gasteiger partial charge in [0.25, 0.3) is 0 Å². The van der Waals surface area contributed by atoms with Crippen molar-refractivity contribution in [3.8, 4) is 5.69 Å². The highest BCUT2D eigenvalue weighted by Crippen LogP contribution is 2.27. The van der Waals surface area contributed by atoms with Crippen LogP contribution in [0.3, 0.4) is 0 Å². The molecule has 1 amide bonds. The first-order chi connectivity index (χ1) is 15.3. The molecule has 2 heterocycles. The number of aliphatic hydroxyl groups is 1. The van der Waals surface area contributed by atoms with Crippen molar-refractivity contribution < 1.29 is 18.3 Å². The van der Waals surface area contributed by atoms with Gasteiger partial charge in [0.15, 0.2) is 0 Å². The van der Waals surface area contributed by atoms with E-state index in [1.165, 1.54) is 18.5 Å². The molecule has 1 saturated heterocycles. The second-order valence-electron chi connectivity index (χ2n) is 7.95. The summed E-state index contributed by atoms with van der Waals surface area (Å²) in [4.78, 5) is 17.0. The van der Waals surface area contributed by atoms with Gasteiger partial charge in [-0.05, 0) is 43.7 Å². The van der Waals surface area contributed by atoms with Gasteiger partial charge in [-0.1, -0.05) is 29.8 Å². The molecule has 3 aromatic rings. The number of hydrogen-bond acceptors (Lipinski definition) is 6. The van der Waals surface area contributed by atoms with Crippen molar-refractivity contribution in [3.63, 3.8) is 0 Å². The van der Waals surface area contributed by atoms with Crippen LogP contribution in [0.15, 0.2) is 66.1 Å². The Morgan fingerprint density at radius 2 is 1.84 bits per heavy atom. The number of β-amino-alcohol motifs (C(OH)–C–C–N with tert-alkyl or cyclic N) is 1. The number of nitrogens with zero attached hydrogens (tertiary/aromatic N) is 4. The van der Waals surface area contributed by atoms with E-state index in [9.17, 15) is 18.3 Å². The lowest BCUT2D eigenvalue weighted by Gasteiger charge is -2.25. The van der Waals surface area contributed by atoms with Crippen molar-refractivity contribution >= 4 is 15.9 Å². The van der Waals surface area contributed by atoms with Crippen LogP contribution in [-0.2, 0) is 14.8 Å². The normalized spacial score (nSPS) is 20.2. The minimum absolute atomic E-state index is 0.0505. The molecule has 0 radical (unpaired) electrons. The molecule has 32 heavy (non-hydrogen) atoms. The maximum absolute atomic E-state index is 13.1. The summed E-state index contributed by atoms with van der Waals surface area (Å²) >= 11 is 0. The monoisotopic (exact) mass is 455 g/mol. The third-order valence-corrected chi connectivity index (χ3v) is 7.49. The van der Waals surface area contributed by atoms with E-state index in [2.05, 4.69) is 15.4 Å². The Morgan fingerprint density at radius 1 is 1.16 bits per heavy atom. The van der Waals surface area contributed by atoms with Crippen molar-refractivity contribution in [2.45, 2.75) is 43.4 Å². The molecule has 4 rings (SSSR count). The Balaban J connectivity index is 1.49. The highest BCUT2D eigenvalue weighted by molar-refractivity contribution is 7.89. The molecule has 10 heteroatoms. The average molecular weight is 456 g/mol. The number of sulfonamides is 1. The number of amides is 1. The standard InChI is InChI=1S/C22H25N5O4S/c1-15-3-9-20(10-4-15)32(30,31)27-12-19(28)11-21(27)22(29)25-16(2)17-5-7-18(8-6-17)26-14-23-13-24-26/h3-10,13-14,16,19,21,28H,11-12H2,1-2H3,(H,25,29). The second-order valence-corrected chi connectivity index (χ2v) is 9.85. The summed E-state index contributed by atoms with van der Waals surface area (Å²) in [6, 6.07) is 12.6. The van der Waals surface area contributed by atoms with E-state index < -0.39 is 28.1 Å². The summed E-state index contributed by atoms with van der Waals surface area (Å²) in [7, 11) is -3.92. The zero-order valence-corrected chi connectivity index (χ0v) is 18.6. The molecule has 0 aliphatic carbocycles. The SMILES string of the molecule is Cc1ccc(S(=O)(=O)N2CC(O)CC2C(=O)NC(C)c2ccc(-n3cncn3)cc2)cc1. The van der Waals surface area contributed by atoms with Crippen LogP contribution in [0.1, 0.15) is 30.5 Å². The van der Waals surface area contributed by atoms with Crippen LogP contribution < -0.4 is 5.32 Å². The number of carbonyl (C=O) groups excluding carboxylic acids is 1. The summed E-state index contributed by atoms with van der Waals surface area (Å²) in [6.45, 7) is 3.58. The number of aliphatic hydroxyl groups excluding tert-OH is 1. The number of carbonyl (C=O) groups is 1. The van der Waals surface area contributed by atoms with Gasteiger partial charge in [-0.2, -0.15) is 9.40 Å². The highest BCUT2D eigenvalue weighted by atomic mass is 32.2. The van der Waals surface area contributed by atoms with Crippen LogP contribution in [0.25, 0.3) is 5.69 Å². The molecule has 9 nitrogen and oxygen atoms in total. The van der Waals surface area contributed by atoms with Gasteiger partial charge in [-0.3, -0.25) is 4.79 Å². The number of aromatic nitrogens is 3. The first kappa shape index (κ1) is 22.1. The Bertz CT molecular complexity index is 1180. The first-order valence-electron chi connectivity index (χ1n) is 10.3. The molecule has 1 aromatic heterocycles. The summed E-state index contributed by atoms with van der Waals surface area (Å²) in [6.07, 6.45) is 2.19. The van der Waals surface area contributed by atoms with Crippen LogP contribution in [0.4, 0.5) is 0 Å². The fourth-order valence-electron chi connectivity index (χ4n) is 3.78. The van der Waals surface area contributed by atoms with E-state index in [0.717, 1.165) is 21.1 Å². The van der Waals surface area contributed by atoms with Gasteiger partial charge in [0.1, 0.15) is 18.7 Å². The van der Waals surface area contributed by atoms with Crippen molar-refractivity contribution in [2.24, 2.45) is 0 Å². The van der Waals surface area contributed by atoms with Crippen molar-refractivity contribution in [1.82, 2.24) is 24.4 Å². The fourth-order valence-corrected chi connectivity index (χ4v) is 5.42. The van der Waals surface area contributed by atoms with E-state index in [4.69, 9.17) is 0 Å². The van der Waals surface area contributed by atoms with Gasteiger partial charge >= 0.3 is 0 Å². The molecule has 0 bridgehead atoms. The summed E-state index contributed by atoms with van der Waals surface area (Å²) in [5.74, 6) is -0.440. The maximum atomic E-state index is 13.1. The van der Waals surface area contributed by atoms with E-state index in [0.29, 0.717) is 0 Å². The van der Waals surface area contributed by atoms with Gasteiger partial charge < -0.3 is 10.4 Å². The second kappa shape index (κ2) is 8.81. The average Bonchev–Trinajstić information content (AvgIpc) is 3.44. The van der Waals surface area contributed by atoms with Crippen molar-refractivity contribution in [2.75, 3.05) is 6.54 Å². The zero-order valence-electron chi connectivity index (χ0n) is 17.8. The number of hydrogen-bond donors (Lipinski definition) is 2. The minimum atomic E-state index is -3.92. The predicted molar refractivity (Wildman–Crippen MR) is 117 cm³/mol. The lowest BCUT2D eigenvalue weighted by Crippen LogP contribution is -2.46. The van der Waals surface area contributed by atoms with Gasteiger partial charge in [0, 0.05) is 13.0 Å². The van der Waals surface area contributed by atoms with E-state index in [-0.39, 0.29) is 23.9 Å². The largest absolute Gasteiger partial charge is 0.392 e. The molecule has 0 saturated carbocycles. The van der Waals surface area contributed by atoms with E-state index in [1.807, 2.05) is 38.1 Å². The van der Waals surface area contributed by atoms with Gasteiger partial charge in [0.2, 0.25) is 15.9 Å². The summed E-state index contributed by atoms with van der Waals surface area (Å²) < 4.78 is 29.0. The lowest BCUT2D eigenvalue weighted by molar-refractivity contribution is -0.124. The smallest absolute Gasteiger partial charge is 0.243 e. The van der Waals surface area contributed by atoms with E-state index >= 15 is 0 Å².